The van der Waals surface area contributed by atoms with Crippen LogP contribution in [0.4, 0.5) is 0 Å². The minimum atomic E-state index is -0.827. The van der Waals surface area contributed by atoms with E-state index in [1.54, 1.807) is 22.3 Å². The molecule has 2 heterocycles. The molecule has 0 saturated carbocycles. The van der Waals surface area contributed by atoms with Gasteiger partial charge in [-0.3, -0.25) is 9.59 Å². The molecule has 6 heteroatoms. The van der Waals surface area contributed by atoms with E-state index in [-0.39, 0.29) is 11.9 Å². The number of hydrogen-bond acceptors (Lipinski definition) is 4. The number of nitrogens with zero attached hydrogens (tertiary/aromatic N) is 2. The first-order valence-corrected chi connectivity index (χ1v) is 8.91. The maximum Gasteiger partial charge on any atom is 0.308 e. The predicted octanol–water partition coefficient (Wildman–Crippen LogP) is 3.44. The van der Waals surface area contributed by atoms with Gasteiger partial charge in [-0.05, 0) is 38.8 Å². The molecule has 1 aromatic carbocycles. The van der Waals surface area contributed by atoms with Gasteiger partial charge in [-0.25, -0.2) is 4.98 Å². The lowest BCUT2D eigenvalue weighted by Crippen LogP contribution is -2.49. The summed E-state index contributed by atoms with van der Waals surface area (Å²) in [5.74, 6) is -1.43. The van der Waals surface area contributed by atoms with Gasteiger partial charge in [-0.2, -0.15) is 0 Å². The van der Waals surface area contributed by atoms with E-state index in [2.05, 4.69) is 4.98 Å². The van der Waals surface area contributed by atoms with E-state index >= 15 is 0 Å². The molecule has 0 unspecified atom stereocenters. The highest BCUT2D eigenvalue weighted by Gasteiger charge is 2.35. The van der Waals surface area contributed by atoms with E-state index in [1.165, 1.54) is 0 Å². The molecule has 1 saturated heterocycles. The molecular formula is C18H20N2O3S. The maximum absolute atomic E-state index is 12.9. The van der Waals surface area contributed by atoms with Gasteiger partial charge in [-0.1, -0.05) is 12.1 Å². The Bertz CT molecular complexity index is 771. The van der Waals surface area contributed by atoms with Gasteiger partial charge in [0, 0.05) is 34.8 Å². The van der Waals surface area contributed by atoms with Crippen molar-refractivity contribution < 1.29 is 14.7 Å². The summed E-state index contributed by atoms with van der Waals surface area (Å²) in [5, 5.41) is 12.2. The molecule has 1 N–H and O–H groups in total. The number of carboxylic acids is 1. The first-order chi connectivity index (χ1) is 11.5. The Labute approximate surface area is 145 Å². The molecule has 3 rings (SSSR count). The number of aliphatic carboxylic acids is 1. The number of rotatable bonds is 3. The molecule has 1 amide bonds. The van der Waals surface area contributed by atoms with E-state index in [4.69, 9.17) is 0 Å². The van der Waals surface area contributed by atoms with Crippen molar-refractivity contribution in [3.05, 3.63) is 40.9 Å². The average Bonchev–Trinajstić information content (AvgIpc) is 3.01. The third-order valence-corrected chi connectivity index (χ3v) is 5.55. The minimum Gasteiger partial charge on any atom is -0.481 e. The lowest BCUT2D eigenvalue weighted by Gasteiger charge is -2.37. The van der Waals surface area contributed by atoms with E-state index in [0.717, 1.165) is 22.7 Å². The number of carbonyl (C=O) groups is 2. The fraction of sp³-hybridized carbons (Fsp3) is 0.389. The van der Waals surface area contributed by atoms with Gasteiger partial charge >= 0.3 is 5.97 Å². The summed E-state index contributed by atoms with van der Waals surface area (Å²) in [6.45, 7) is 4.37. The van der Waals surface area contributed by atoms with Crippen molar-refractivity contribution in [2.24, 2.45) is 5.92 Å². The van der Waals surface area contributed by atoms with Gasteiger partial charge in [0.05, 0.1) is 5.92 Å². The van der Waals surface area contributed by atoms with E-state index in [9.17, 15) is 14.7 Å². The summed E-state index contributed by atoms with van der Waals surface area (Å²) >= 11 is 1.55. The van der Waals surface area contributed by atoms with Crippen LogP contribution in [-0.2, 0) is 4.79 Å². The summed E-state index contributed by atoms with van der Waals surface area (Å²) in [6.07, 6.45) is 1.34. The Morgan fingerprint density at radius 3 is 2.83 bits per heavy atom. The van der Waals surface area contributed by atoms with Gasteiger partial charge < -0.3 is 10.0 Å². The van der Waals surface area contributed by atoms with Gasteiger partial charge in [-0.15, -0.1) is 11.3 Å². The van der Waals surface area contributed by atoms with E-state index < -0.39 is 11.9 Å². The molecule has 5 nitrogen and oxygen atoms in total. The molecule has 0 bridgehead atoms. The third kappa shape index (κ3) is 3.19. The number of aromatic nitrogens is 1. The number of hydrogen-bond donors (Lipinski definition) is 1. The fourth-order valence-electron chi connectivity index (χ4n) is 3.20. The second kappa shape index (κ2) is 6.73. The highest BCUT2D eigenvalue weighted by molar-refractivity contribution is 7.13. The molecule has 0 spiro atoms. The minimum absolute atomic E-state index is 0.108. The number of carbonyl (C=O) groups excluding carboxylic acids is 1. The van der Waals surface area contributed by atoms with Crippen LogP contribution in [-0.4, -0.2) is 39.5 Å². The largest absolute Gasteiger partial charge is 0.481 e. The first-order valence-electron chi connectivity index (χ1n) is 8.03. The Hall–Kier alpha value is -2.21. The standard InChI is InChI=1S/C18H20N2O3S/c1-11-10-24-16(19-11)13-5-3-6-14(9-13)17(21)20-8-4-7-15(12(20)2)18(22)23/h3,5-6,9-10,12,15H,4,7-8H2,1-2H3,(H,22,23)/t12-,15-/m1/s1. The molecule has 2 atom stereocenters. The SMILES string of the molecule is Cc1csc(-c2cccc(C(=O)N3CCC[C@@H](C(=O)O)[C@H]3C)c2)n1. The number of thiazole rings is 1. The second-order valence-corrected chi connectivity index (χ2v) is 7.06. The zero-order valence-electron chi connectivity index (χ0n) is 13.7. The average molecular weight is 344 g/mol. The van der Waals surface area contributed by atoms with Crippen LogP contribution in [0.15, 0.2) is 29.6 Å². The Kier molecular flexibility index (Phi) is 4.66. The fourth-order valence-corrected chi connectivity index (χ4v) is 3.99. The Morgan fingerprint density at radius 1 is 1.38 bits per heavy atom. The van der Waals surface area contributed by atoms with Crippen LogP contribution in [0.1, 0.15) is 35.8 Å². The number of piperidine rings is 1. The molecule has 1 aliphatic heterocycles. The molecule has 0 radical (unpaired) electrons. The molecule has 126 valence electrons. The quantitative estimate of drug-likeness (QED) is 0.926. The summed E-state index contributed by atoms with van der Waals surface area (Å²) in [7, 11) is 0. The molecule has 1 aromatic heterocycles. The van der Waals surface area contributed by atoms with Crippen LogP contribution in [0.25, 0.3) is 10.6 Å². The van der Waals surface area contributed by atoms with Crippen molar-refractivity contribution in [1.29, 1.82) is 0 Å². The summed E-state index contributed by atoms with van der Waals surface area (Å²) in [6, 6.07) is 7.12. The van der Waals surface area contributed by atoms with Crippen molar-refractivity contribution in [3.8, 4) is 10.6 Å². The van der Waals surface area contributed by atoms with Crippen LogP contribution in [0, 0.1) is 12.8 Å². The predicted molar refractivity (Wildman–Crippen MR) is 93.1 cm³/mol. The first kappa shape index (κ1) is 16.6. The van der Waals surface area contributed by atoms with Gasteiger partial charge in [0.2, 0.25) is 0 Å². The van der Waals surface area contributed by atoms with Gasteiger partial charge in [0.25, 0.3) is 5.91 Å². The number of likely N-dealkylation sites (tertiary alicyclic amines) is 1. The second-order valence-electron chi connectivity index (χ2n) is 6.20. The summed E-state index contributed by atoms with van der Waals surface area (Å²) in [5.41, 5.74) is 2.46. The molecular weight excluding hydrogens is 324 g/mol. The normalized spacial score (nSPS) is 20.8. The molecule has 24 heavy (non-hydrogen) atoms. The number of benzene rings is 1. The Balaban J connectivity index is 1.86. The van der Waals surface area contributed by atoms with Crippen LogP contribution < -0.4 is 0 Å². The van der Waals surface area contributed by atoms with E-state index in [0.29, 0.717) is 18.5 Å². The lowest BCUT2D eigenvalue weighted by molar-refractivity contribution is -0.144. The van der Waals surface area contributed by atoms with Crippen LogP contribution in [0.2, 0.25) is 0 Å². The summed E-state index contributed by atoms with van der Waals surface area (Å²) < 4.78 is 0. The zero-order chi connectivity index (χ0) is 17.3. The van der Waals surface area contributed by atoms with Crippen molar-refractivity contribution in [2.45, 2.75) is 32.7 Å². The summed E-state index contributed by atoms with van der Waals surface area (Å²) in [4.78, 5) is 30.4. The third-order valence-electron chi connectivity index (χ3n) is 4.54. The van der Waals surface area contributed by atoms with Crippen LogP contribution in [0.3, 0.4) is 0 Å². The Morgan fingerprint density at radius 2 is 2.17 bits per heavy atom. The molecule has 1 fully saturated rings. The number of aryl methyl sites for hydroxylation is 1. The van der Waals surface area contributed by atoms with Crippen molar-refractivity contribution >= 4 is 23.2 Å². The topological polar surface area (TPSA) is 70.5 Å². The van der Waals surface area contributed by atoms with E-state index in [1.807, 2.05) is 37.4 Å². The van der Waals surface area contributed by atoms with Crippen molar-refractivity contribution in [2.75, 3.05) is 6.54 Å². The lowest BCUT2D eigenvalue weighted by atomic mass is 9.89. The van der Waals surface area contributed by atoms with Crippen LogP contribution >= 0.6 is 11.3 Å². The van der Waals surface area contributed by atoms with Gasteiger partial charge in [0.1, 0.15) is 5.01 Å². The maximum atomic E-state index is 12.9. The highest BCUT2D eigenvalue weighted by atomic mass is 32.1. The highest BCUT2D eigenvalue weighted by Crippen LogP contribution is 2.28. The molecule has 2 aromatic rings. The van der Waals surface area contributed by atoms with Crippen molar-refractivity contribution in [1.82, 2.24) is 9.88 Å². The zero-order valence-corrected chi connectivity index (χ0v) is 14.5. The number of carboxylic acid groups (broad SMARTS) is 1. The smallest absolute Gasteiger partial charge is 0.308 e. The van der Waals surface area contributed by atoms with Crippen LogP contribution in [0.5, 0.6) is 0 Å². The van der Waals surface area contributed by atoms with Gasteiger partial charge in [0.15, 0.2) is 0 Å². The monoisotopic (exact) mass is 344 g/mol. The molecule has 1 aliphatic rings. The number of amides is 1. The van der Waals surface area contributed by atoms with Crippen molar-refractivity contribution in [3.63, 3.8) is 0 Å². The molecule has 0 aliphatic carbocycles.